The lowest BCUT2D eigenvalue weighted by atomic mass is 10.0. The number of anilines is 1. The molecular weight excluding hydrogens is 336 g/mol. The van der Waals surface area contributed by atoms with E-state index in [1.807, 2.05) is 24.3 Å². The second-order valence-corrected chi connectivity index (χ2v) is 8.62. The Morgan fingerprint density at radius 1 is 1.20 bits per heavy atom. The minimum absolute atomic E-state index is 0.362. The fraction of sp³-hybridized carbons (Fsp3) is 0.368. The van der Waals surface area contributed by atoms with Gasteiger partial charge in [0.2, 0.25) is 0 Å². The van der Waals surface area contributed by atoms with Crippen molar-refractivity contribution in [3.8, 4) is 16.9 Å². The fourth-order valence-corrected chi connectivity index (χ4v) is 4.61. The Bertz CT molecular complexity index is 895. The molecule has 1 fully saturated rings. The number of hydrogen-bond donors (Lipinski definition) is 1. The van der Waals surface area contributed by atoms with Crippen molar-refractivity contribution in [1.82, 2.24) is 5.32 Å². The van der Waals surface area contributed by atoms with Crippen molar-refractivity contribution in [3.63, 3.8) is 0 Å². The predicted octanol–water partition coefficient (Wildman–Crippen LogP) is 2.32. The zero-order valence-electron chi connectivity index (χ0n) is 14.2. The average Bonchev–Trinajstić information content (AvgIpc) is 2.80. The van der Waals surface area contributed by atoms with E-state index in [0.717, 1.165) is 48.6 Å². The zero-order valence-corrected chi connectivity index (χ0v) is 15.1. The molecule has 2 aliphatic rings. The smallest absolute Gasteiger partial charge is 0.176 e. The van der Waals surface area contributed by atoms with E-state index >= 15 is 0 Å². The predicted molar refractivity (Wildman–Crippen MR) is 99.1 cm³/mol. The SMILES string of the molecule is CS(=O)(=O)c1ccccc1-c1ccc2c(c1)N1CCNC[C@@H]1CCO2. The molecule has 0 spiro atoms. The van der Waals surface area contributed by atoms with Crippen LogP contribution in [0, 0.1) is 0 Å². The molecule has 2 aromatic rings. The third kappa shape index (κ3) is 3.12. The van der Waals surface area contributed by atoms with Gasteiger partial charge in [-0.05, 0) is 23.8 Å². The molecule has 1 saturated heterocycles. The van der Waals surface area contributed by atoms with Gasteiger partial charge in [0.1, 0.15) is 5.75 Å². The molecule has 132 valence electrons. The Morgan fingerprint density at radius 3 is 2.88 bits per heavy atom. The fourth-order valence-electron chi connectivity index (χ4n) is 3.70. The van der Waals surface area contributed by atoms with Gasteiger partial charge in [-0.1, -0.05) is 24.3 Å². The Kier molecular flexibility index (Phi) is 4.17. The Balaban J connectivity index is 1.83. The van der Waals surface area contributed by atoms with E-state index in [2.05, 4.69) is 16.3 Å². The van der Waals surface area contributed by atoms with E-state index in [1.54, 1.807) is 12.1 Å². The highest BCUT2D eigenvalue weighted by atomic mass is 32.2. The molecule has 0 saturated carbocycles. The van der Waals surface area contributed by atoms with Crippen LogP contribution in [0.15, 0.2) is 47.4 Å². The number of ether oxygens (including phenoxy) is 1. The Hall–Kier alpha value is -2.05. The third-order valence-electron chi connectivity index (χ3n) is 4.92. The van der Waals surface area contributed by atoms with Crippen molar-refractivity contribution in [2.75, 3.05) is 37.4 Å². The van der Waals surface area contributed by atoms with Crippen LogP contribution < -0.4 is 15.0 Å². The van der Waals surface area contributed by atoms with E-state index in [0.29, 0.717) is 17.5 Å². The monoisotopic (exact) mass is 358 g/mol. The van der Waals surface area contributed by atoms with Crippen molar-refractivity contribution in [3.05, 3.63) is 42.5 Å². The van der Waals surface area contributed by atoms with E-state index in [9.17, 15) is 8.42 Å². The van der Waals surface area contributed by atoms with Gasteiger partial charge in [-0.15, -0.1) is 0 Å². The number of sulfone groups is 1. The van der Waals surface area contributed by atoms with Gasteiger partial charge < -0.3 is 15.0 Å². The summed E-state index contributed by atoms with van der Waals surface area (Å²) in [6, 6.07) is 13.6. The molecule has 25 heavy (non-hydrogen) atoms. The van der Waals surface area contributed by atoms with Gasteiger partial charge in [0.25, 0.3) is 0 Å². The first-order valence-electron chi connectivity index (χ1n) is 8.58. The molecule has 0 aromatic heterocycles. The van der Waals surface area contributed by atoms with Crippen LogP contribution in [-0.4, -0.2) is 47.0 Å². The van der Waals surface area contributed by atoms with Gasteiger partial charge in [0.05, 0.1) is 17.2 Å². The number of fused-ring (bicyclic) bond motifs is 3. The van der Waals surface area contributed by atoms with E-state index in [1.165, 1.54) is 6.26 Å². The quantitative estimate of drug-likeness (QED) is 0.893. The summed E-state index contributed by atoms with van der Waals surface area (Å²) in [5, 5.41) is 3.44. The summed E-state index contributed by atoms with van der Waals surface area (Å²) in [6.45, 7) is 3.53. The van der Waals surface area contributed by atoms with Crippen molar-refractivity contribution in [2.45, 2.75) is 17.4 Å². The highest BCUT2D eigenvalue weighted by Crippen LogP contribution is 2.38. The van der Waals surface area contributed by atoms with Crippen molar-refractivity contribution >= 4 is 15.5 Å². The molecule has 2 aliphatic heterocycles. The summed E-state index contributed by atoms with van der Waals surface area (Å²) in [7, 11) is -3.29. The number of benzene rings is 2. The van der Waals surface area contributed by atoms with Crippen LogP contribution in [0.5, 0.6) is 5.75 Å². The Labute approximate surface area is 148 Å². The minimum atomic E-state index is -3.29. The molecule has 1 atom stereocenters. The number of piperazine rings is 1. The maximum absolute atomic E-state index is 12.2. The topological polar surface area (TPSA) is 58.6 Å². The lowest BCUT2D eigenvalue weighted by Crippen LogP contribution is -2.51. The molecule has 2 aromatic carbocycles. The lowest BCUT2D eigenvalue weighted by molar-refractivity contribution is 0.304. The van der Waals surface area contributed by atoms with Crippen LogP contribution in [0.2, 0.25) is 0 Å². The van der Waals surface area contributed by atoms with Crippen molar-refractivity contribution in [2.24, 2.45) is 0 Å². The lowest BCUT2D eigenvalue weighted by Gasteiger charge is -2.36. The van der Waals surface area contributed by atoms with Crippen molar-refractivity contribution < 1.29 is 13.2 Å². The highest BCUT2D eigenvalue weighted by Gasteiger charge is 2.28. The second kappa shape index (κ2) is 6.35. The zero-order chi connectivity index (χ0) is 17.4. The van der Waals surface area contributed by atoms with Crippen LogP contribution in [-0.2, 0) is 9.84 Å². The number of rotatable bonds is 2. The first kappa shape index (κ1) is 16.4. The standard InChI is InChI=1S/C19H22N2O3S/c1-25(22,23)19-5-3-2-4-16(19)14-6-7-18-17(12-14)21-10-9-20-13-15(21)8-11-24-18/h2-7,12,15,20H,8-11,13H2,1H3/t15-/m0/s1. The van der Waals surface area contributed by atoms with Gasteiger partial charge in [0.15, 0.2) is 9.84 Å². The van der Waals surface area contributed by atoms with Gasteiger partial charge in [0, 0.05) is 43.9 Å². The summed E-state index contributed by atoms with van der Waals surface area (Å²) in [4.78, 5) is 2.76. The average molecular weight is 358 g/mol. The molecule has 1 N–H and O–H groups in total. The summed E-state index contributed by atoms with van der Waals surface area (Å²) in [5.74, 6) is 0.880. The normalized spacial score (nSPS) is 20.2. The molecule has 0 aliphatic carbocycles. The molecule has 0 radical (unpaired) electrons. The third-order valence-corrected chi connectivity index (χ3v) is 6.08. The molecule has 5 nitrogen and oxygen atoms in total. The summed E-state index contributed by atoms with van der Waals surface area (Å²) in [6.07, 6.45) is 2.24. The van der Waals surface area contributed by atoms with Crippen LogP contribution in [0.25, 0.3) is 11.1 Å². The van der Waals surface area contributed by atoms with Crippen LogP contribution in [0.1, 0.15) is 6.42 Å². The summed E-state index contributed by atoms with van der Waals surface area (Å²) < 4.78 is 30.3. The molecule has 6 heteroatoms. The summed E-state index contributed by atoms with van der Waals surface area (Å²) >= 11 is 0. The van der Waals surface area contributed by atoms with Gasteiger partial charge in [-0.3, -0.25) is 0 Å². The molecule has 0 bridgehead atoms. The Morgan fingerprint density at radius 2 is 2.04 bits per heavy atom. The number of nitrogens with zero attached hydrogens (tertiary/aromatic N) is 1. The van der Waals surface area contributed by atoms with Crippen molar-refractivity contribution in [1.29, 1.82) is 0 Å². The van der Waals surface area contributed by atoms with E-state index in [4.69, 9.17) is 4.74 Å². The first-order valence-corrected chi connectivity index (χ1v) is 10.5. The highest BCUT2D eigenvalue weighted by molar-refractivity contribution is 7.90. The van der Waals surface area contributed by atoms with Gasteiger partial charge >= 0.3 is 0 Å². The molecule has 0 amide bonds. The molecule has 0 unspecified atom stereocenters. The van der Waals surface area contributed by atoms with Crippen LogP contribution in [0.4, 0.5) is 5.69 Å². The largest absolute Gasteiger partial charge is 0.491 e. The maximum Gasteiger partial charge on any atom is 0.176 e. The second-order valence-electron chi connectivity index (χ2n) is 6.64. The van der Waals surface area contributed by atoms with E-state index < -0.39 is 9.84 Å². The van der Waals surface area contributed by atoms with Crippen LogP contribution >= 0.6 is 0 Å². The van der Waals surface area contributed by atoms with Gasteiger partial charge in [-0.25, -0.2) is 8.42 Å². The molecule has 2 heterocycles. The van der Waals surface area contributed by atoms with E-state index in [-0.39, 0.29) is 0 Å². The number of nitrogens with one attached hydrogen (secondary N) is 1. The summed E-state index contributed by atoms with van der Waals surface area (Å²) in [5.41, 5.74) is 2.70. The number of hydrogen-bond acceptors (Lipinski definition) is 5. The first-order chi connectivity index (χ1) is 12.0. The van der Waals surface area contributed by atoms with Crippen LogP contribution in [0.3, 0.4) is 0 Å². The molecular formula is C19H22N2O3S. The maximum atomic E-state index is 12.2. The molecule has 4 rings (SSSR count). The van der Waals surface area contributed by atoms with Gasteiger partial charge in [-0.2, -0.15) is 0 Å². The minimum Gasteiger partial charge on any atom is -0.491 e.